The van der Waals surface area contributed by atoms with Crippen molar-refractivity contribution in [2.75, 3.05) is 19.8 Å². The first-order valence-corrected chi connectivity index (χ1v) is 5.23. The standard InChI is InChI=1S/C12H18O3/c1-3-14-8-9-15-12-7-5-4-6-11(12)10(2)13/h4-7,10,13H,3,8-9H2,1-2H3/t10-/m0/s1. The number of hydrogen-bond acceptors (Lipinski definition) is 3. The molecule has 0 amide bonds. The van der Waals surface area contributed by atoms with E-state index >= 15 is 0 Å². The first-order chi connectivity index (χ1) is 7.25. The molecule has 0 aliphatic rings. The molecule has 0 aromatic heterocycles. The molecule has 0 saturated heterocycles. The summed E-state index contributed by atoms with van der Waals surface area (Å²) in [5.74, 6) is 0.729. The second-order valence-corrected chi connectivity index (χ2v) is 3.26. The van der Waals surface area contributed by atoms with Gasteiger partial charge in [0.25, 0.3) is 0 Å². The van der Waals surface area contributed by atoms with Crippen LogP contribution >= 0.6 is 0 Å². The molecule has 0 fully saturated rings. The first-order valence-electron chi connectivity index (χ1n) is 5.23. The van der Waals surface area contributed by atoms with Gasteiger partial charge in [-0.1, -0.05) is 18.2 Å². The van der Waals surface area contributed by atoms with Crippen molar-refractivity contribution in [3.63, 3.8) is 0 Å². The maximum absolute atomic E-state index is 9.50. The average Bonchev–Trinajstić information content (AvgIpc) is 2.25. The van der Waals surface area contributed by atoms with Gasteiger partial charge in [0.15, 0.2) is 0 Å². The van der Waals surface area contributed by atoms with Crippen molar-refractivity contribution >= 4 is 0 Å². The average molecular weight is 210 g/mol. The summed E-state index contributed by atoms with van der Waals surface area (Å²) in [6, 6.07) is 7.49. The lowest BCUT2D eigenvalue weighted by Crippen LogP contribution is -2.08. The summed E-state index contributed by atoms with van der Waals surface area (Å²) in [7, 11) is 0. The number of benzene rings is 1. The van der Waals surface area contributed by atoms with Crippen LogP contribution in [-0.2, 0) is 4.74 Å². The number of ether oxygens (including phenoxy) is 2. The number of hydrogen-bond donors (Lipinski definition) is 1. The predicted molar refractivity (Wildman–Crippen MR) is 59.1 cm³/mol. The molecule has 1 rings (SSSR count). The molecule has 0 unspecified atom stereocenters. The Morgan fingerprint density at radius 1 is 1.27 bits per heavy atom. The van der Waals surface area contributed by atoms with Crippen LogP contribution in [0.2, 0.25) is 0 Å². The fraction of sp³-hybridized carbons (Fsp3) is 0.500. The van der Waals surface area contributed by atoms with E-state index in [1.165, 1.54) is 0 Å². The van der Waals surface area contributed by atoms with E-state index in [-0.39, 0.29) is 0 Å². The van der Waals surface area contributed by atoms with Crippen molar-refractivity contribution in [3.8, 4) is 5.75 Å². The molecule has 15 heavy (non-hydrogen) atoms. The molecular formula is C12H18O3. The maximum atomic E-state index is 9.50. The zero-order valence-corrected chi connectivity index (χ0v) is 9.27. The van der Waals surface area contributed by atoms with Crippen molar-refractivity contribution in [3.05, 3.63) is 29.8 Å². The van der Waals surface area contributed by atoms with Gasteiger partial charge in [0, 0.05) is 12.2 Å². The monoisotopic (exact) mass is 210 g/mol. The molecule has 0 radical (unpaired) electrons. The highest BCUT2D eigenvalue weighted by Gasteiger charge is 2.07. The van der Waals surface area contributed by atoms with Gasteiger partial charge in [-0.3, -0.25) is 0 Å². The highest BCUT2D eigenvalue weighted by Crippen LogP contribution is 2.24. The molecule has 1 aromatic rings. The van der Waals surface area contributed by atoms with Gasteiger partial charge >= 0.3 is 0 Å². The Hall–Kier alpha value is -1.06. The van der Waals surface area contributed by atoms with Gasteiger partial charge in [-0.15, -0.1) is 0 Å². The van der Waals surface area contributed by atoms with Crippen LogP contribution in [0.1, 0.15) is 25.5 Å². The van der Waals surface area contributed by atoms with Crippen molar-refractivity contribution in [1.29, 1.82) is 0 Å². The lowest BCUT2D eigenvalue weighted by atomic mass is 10.1. The molecule has 3 heteroatoms. The quantitative estimate of drug-likeness (QED) is 0.731. The SMILES string of the molecule is CCOCCOc1ccccc1[C@H](C)O. The minimum absolute atomic E-state index is 0.506. The van der Waals surface area contributed by atoms with Crippen molar-refractivity contribution in [2.45, 2.75) is 20.0 Å². The Kier molecular flexibility index (Phi) is 5.15. The summed E-state index contributed by atoms with van der Waals surface area (Å²) in [5, 5.41) is 9.50. The first kappa shape index (κ1) is 12.0. The molecule has 1 atom stereocenters. The van der Waals surface area contributed by atoms with Crippen molar-refractivity contribution < 1.29 is 14.6 Å². The number of para-hydroxylation sites is 1. The highest BCUT2D eigenvalue weighted by atomic mass is 16.5. The Bertz CT molecular complexity index is 284. The van der Waals surface area contributed by atoms with Gasteiger partial charge in [0.05, 0.1) is 12.7 Å². The van der Waals surface area contributed by atoms with Gasteiger partial charge in [-0.05, 0) is 19.9 Å². The molecule has 0 bridgehead atoms. The highest BCUT2D eigenvalue weighted by molar-refractivity contribution is 5.34. The summed E-state index contributed by atoms with van der Waals surface area (Å²) in [6.45, 7) is 5.46. The van der Waals surface area contributed by atoms with Crippen LogP contribution in [0.5, 0.6) is 5.75 Å². The summed E-state index contributed by atoms with van der Waals surface area (Å²) in [4.78, 5) is 0. The van der Waals surface area contributed by atoms with E-state index in [0.29, 0.717) is 19.8 Å². The van der Waals surface area contributed by atoms with Crippen LogP contribution in [0, 0.1) is 0 Å². The van der Waals surface area contributed by atoms with Crippen LogP contribution in [0.15, 0.2) is 24.3 Å². The van der Waals surface area contributed by atoms with Crippen molar-refractivity contribution in [1.82, 2.24) is 0 Å². The molecule has 0 aliphatic carbocycles. The Morgan fingerprint density at radius 3 is 2.67 bits per heavy atom. The zero-order valence-electron chi connectivity index (χ0n) is 9.27. The fourth-order valence-electron chi connectivity index (χ4n) is 1.31. The van der Waals surface area contributed by atoms with E-state index in [1.807, 2.05) is 31.2 Å². The van der Waals surface area contributed by atoms with E-state index in [0.717, 1.165) is 11.3 Å². The predicted octanol–water partition coefficient (Wildman–Crippen LogP) is 2.16. The van der Waals surface area contributed by atoms with Gasteiger partial charge in [-0.2, -0.15) is 0 Å². The molecular weight excluding hydrogens is 192 g/mol. The molecule has 0 spiro atoms. The summed E-state index contributed by atoms with van der Waals surface area (Å²) in [5.41, 5.74) is 0.814. The number of aliphatic hydroxyl groups excluding tert-OH is 1. The van der Waals surface area contributed by atoms with E-state index in [9.17, 15) is 5.11 Å². The summed E-state index contributed by atoms with van der Waals surface area (Å²) >= 11 is 0. The number of aliphatic hydroxyl groups is 1. The molecule has 1 N–H and O–H groups in total. The van der Waals surface area contributed by atoms with E-state index < -0.39 is 6.10 Å². The van der Waals surface area contributed by atoms with Gasteiger partial charge in [-0.25, -0.2) is 0 Å². The third-order valence-electron chi connectivity index (χ3n) is 2.06. The van der Waals surface area contributed by atoms with E-state index in [1.54, 1.807) is 6.92 Å². The normalized spacial score (nSPS) is 12.5. The lowest BCUT2D eigenvalue weighted by Gasteiger charge is -2.12. The smallest absolute Gasteiger partial charge is 0.125 e. The largest absolute Gasteiger partial charge is 0.491 e. The summed E-state index contributed by atoms with van der Waals surface area (Å²) < 4.78 is 10.7. The van der Waals surface area contributed by atoms with E-state index in [4.69, 9.17) is 9.47 Å². The molecule has 0 heterocycles. The lowest BCUT2D eigenvalue weighted by molar-refractivity contribution is 0.108. The minimum atomic E-state index is -0.506. The van der Waals surface area contributed by atoms with Gasteiger partial charge in [0.1, 0.15) is 12.4 Å². The summed E-state index contributed by atoms with van der Waals surface area (Å²) in [6.07, 6.45) is -0.506. The van der Waals surface area contributed by atoms with E-state index in [2.05, 4.69) is 0 Å². The van der Waals surface area contributed by atoms with Crippen LogP contribution < -0.4 is 4.74 Å². The molecule has 3 nitrogen and oxygen atoms in total. The fourth-order valence-corrected chi connectivity index (χ4v) is 1.31. The van der Waals surface area contributed by atoms with Gasteiger partial charge < -0.3 is 14.6 Å². The third-order valence-corrected chi connectivity index (χ3v) is 2.06. The minimum Gasteiger partial charge on any atom is -0.491 e. The van der Waals surface area contributed by atoms with Crippen LogP contribution in [0.4, 0.5) is 0 Å². The van der Waals surface area contributed by atoms with Gasteiger partial charge in [0.2, 0.25) is 0 Å². The van der Waals surface area contributed by atoms with Crippen molar-refractivity contribution in [2.24, 2.45) is 0 Å². The van der Waals surface area contributed by atoms with Crippen LogP contribution in [0.3, 0.4) is 0 Å². The topological polar surface area (TPSA) is 38.7 Å². The Morgan fingerprint density at radius 2 is 2.00 bits per heavy atom. The second-order valence-electron chi connectivity index (χ2n) is 3.26. The van der Waals surface area contributed by atoms with Crippen LogP contribution in [-0.4, -0.2) is 24.9 Å². The third kappa shape index (κ3) is 3.90. The maximum Gasteiger partial charge on any atom is 0.125 e. The Balaban J connectivity index is 2.52. The Labute approximate surface area is 90.6 Å². The molecule has 1 aromatic carbocycles. The van der Waals surface area contributed by atoms with Crippen LogP contribution in [0.25, 0.3) is 0 Å². The molecule has 0 saturated carbocycles. The molecule has 0 aliphatic heterocycles. The zero-order chi connectivity index (χ0) is 11.1. The number of rotatable bonds is 6. The second kappa shape index (κ2) is 6.43. The molecule has 84 valence electrons.